The first-order valence-corrected chi connectivity index (χ1v) is 5.94. The van der Waals surface area contributed by atoms with Crippen molar-refractivity contribution in [3.63, 3.8) is 0 Å². The molecular formula is C13H11P. The molecule has 0 aliphatic heterocycles. The Balaban J connectivity index is 2.30. The number of hydrogen-bond acceptors (Lipinski definition) is 0. The van der Waals surface area contributed by atoms with Crippen LogP contribution in [-0.4, -0.2) is 0 Å². The van der Waals surface area contributed by atoms with Gasteiger partial charge < -0.3 is 0 Å². The lowest BCUT2D eigenvalue weighted by molar-refractivity contribution is 1.75. The van der Waals surface area contributed by atoms with Crippen molar-refractivity contribution < 1.29 is 0 Å². The van der Waals surface area contributed by atoms with E-state index in [1.165, 1.54) is 10.6 Å². The minimum absolute atomic E-state index is 0.671. The third-order valence-electron chi connectivity index (χ3n) is 2.07. The number of hydrogen-bond donors (Lipinski definition) is 0. The largest absolute Gasteiger partial charge is 0.0622 e. The average Bonchev–Trinajstić information content (AvgIpc) is 2.30. The van der Waals surface area contributed by atoms with Crippen LogP contribution >= 0.6 is 7.92 Å². The Labute approximate surface area is 86.4 Å². The maximum atomic E-state index is 6.18. The van der Waals surface area contributed by atoms with E-state index in [-0.39, 0.29) is 0 Å². The van der Waals surface area contributed by atoms with Gasteiger partial charge in [-0.1, -0.05) is 60.7 Å². The van der Waals surface area contributed by atoms with Gasteiger partial charge in [-0.25, -0.2) is 0 Å². The van der Waals surface area contributed by atoms with Gasteiger partial charge in [0.1, 0.15) is 0 Å². The SMILES string of the molecule is [CH]P(c1ccccc1)c1ccccc1. The van der Waals surface area contributed by atoms with E-state index in [0.717, 1.165) is 0 Å². The van der Waals surface area contributed by atoms with Crippen molar-refractivity contribution >= 4 is 18.5 Å². The van der Waals surface area contributed by atoms with Crippen molar-refractivity contribution in [3.05, 3.63) is 67.3 Å². The summed E-state index contributed by atoms with van der Waals surface area (Å²) in [6.45, 7) is 6.18. The Kier molecular flexibility index (Phi) is 2.96. The normalized spacial score (nSPS) is 10.4. The quantitative estimate of drug-likeness (QED) is 0.651. The van der Waals surface area contributed by atoms with Gasteiger partial charge in [-0.05, 0) is 18.5 Å². The molecule has 0 heterocycles. The topological polar surface area (TPSA) is 0 Å². The smallest absolute Gasteiger partial charge is 0.00316 e. The van der Waals surface area contributed by atoms with E-state index in [4.69, 9.17) is 6.66 Å². The summed E-state index contributed by atoms with van der Waals surface area (Å²) in [5.41, 5.74) is 0. The highest BCUT2D eigenvalue weighted by Crippen LogP contribution is 2.30. The molecule has 14 heavy (non-hydrogen) atoms. The van der Waals surface area contributed by atoms with Crippen LogP contribution in [0.4, 0.5) is 0 Å². The Hall–Kier alpha value is -1.13. The second-order valence-electron chi connectivity index (χ2n) is 3.04. The van der Waals surface area contributed by atoms with E-state index < -0.39 is 7.92 Å². The first-order valence-electron chi connectivity index (χ1n) is 4.53. The monoisotopic (exact) mass is 198 g/mol. The van der Waals surface area contributed by atoms with Crippen LogP contribution in [0.2, 0.25) is 0 Å². The van der Waals surface area contributed by atoms with Crippen molar-refractivity contribution in [3.8, 4) is 0 Å². The van der Waals surface area contributed by atoms with E-state index in [1.807, 2.05) is 36.4 Å². The first-order chi connectivity index (χ1) is 6.88. The minimum Gasteiger partial charge on any atom is -0.0622 e. The molecule has 0 saturated carbocycles. The van der Waals surface area contributed by atoms with Gasteiger partial charge in [0.15, 0.2) is 0 Å². The summed E-state index contributed by atoms with van der Waals surface area (Å²) in [7, 11) is -0.671. The van der Waals surface area contributed by atoms with Gasteiger partial charge in [-0.15, -0.1) is 0 Å². The fourth-order valence-electron chi connectivity index (χ4n) is 1.33. The molecule has 0 fully saturated rings. The highest BCUT2D eigenvalue weighted by molar-refractivity contribution is 7.74. The highest BCUT2D eigenvalue weighted by atomic mass is 31.1. The van der Waals surface area contributed by atoms with Crippen LogP contribution < -0.4 is 10.6 Å². The molecule has 0 atom stereocenters. The molecule has 0 unspecified atom stereocenters. The standard InChI is InChI=1S/C13H11P/c1-14(12-8-4-2-5-9-12)13-10-6-3-7-11-13/h1-11H. The van der Waals surface area contributed by atoms with E-state index >= 15 is 0 Å². The first kappa shape index (κ1) is 9.43. The molecule has 0 bridgehead atoms. The van der Waals surface area contributed by atoms with E-state index in [9.17, 15) is 0 Å². The second-order valence-corrected chi connectivity index (χ2v) is 4.81. The van der Waals surface area contributed by atoms with Crippen LogP contribution in [0.15, 0.2) is 60.7 Å². The molecule has 0 nitrogen and oxygen atoms in total. The molecule has 0 saturated heterocycles. The molecule has 2 radical (unpaired) electrons. The molecule has 2 aromatic carbocycles. The van der Waals surface area contributed by atoms with Gasteiger partial charge in [0, 0.05) is 6.66 Å². The van der Waals surface area contributed by atoms with Crippen LogP contribution in [0.25, 0.3) is 0 Å². The zero-order valence-electron chi connectivity index (χ0n) is 7.80. The lowest BCUT2D eigenvalue weighted by Gasteiger charge is -2.11. The number of benzene rings is 2. The summed E-state index contributed by atoms with van der Waals surface area (Å²) in [5, 5.41) is 2.43. The van der Waals surface area contributed by atoms with E-state index in [2.05, 4.69) is 24.3 Å². The lowest BCUT2D eigenvalue weighted by atomic mass is 10.4. The summed E-state index contributed by atoms with van der Waals surface area (Å²) in [6, 6.07) is 20.5. The molecule has 0 aliphatic rings. The van der Waals surface area contributed by atoms with Crippen LogP contribution in [-0.2, 0) is 0 Å². The molecule has 0 amide bonds. The van der Waals surface area contributed by atoms with Gasteiger partial charge in [0.25, 0.3) is 0 Å². The summed E-state index contributed by atoms with van der Waals surface area (Å²) in [4.78, 5) is 0. The third kappa shape index (κ3) is 2.02. The summed E-state index contributed by atoms with van der Waals surface area (Å²) in [5.74, 6) is 0. The predicted octanol–water partition coefficient (Wildman–Crippen LogP) is 2.79. The van der Waals surface area contributed by atoms with Crippen LogP contribution in [0.1, 0.15) is 0 Å². The Morgan fingerprint density at radius 1 is 0.643 bits per heavy atom. The molecule has 0 aliphatic carbocycles. The van der Waals surface area contributed by atoms with Crippen LogP contribution in [0.3, 0.4) is 0 Å². The van der Waals surface area contributed by atoms with Gasteiger partial charge >= 0.3 is 0 Å². The van der Waals surface area contributed by atoms with Crippen molar-refractivity contribution in [2.45, 2.75) is 0 Å². The molecule has 2 rings (SSSR count). The summed E-state index contributed by atoms with van der Waals surface area (Å²) in [6.07, 6.45) is 0. The molecule has 1 heteroatoms. The Morgan fingerprint density at radius 2 is 1.00 bits per heavy atom. The second kappa shape index (κ2) is 4.39. The molecule has 68 valence electrons. The zero-order chi connectivity index (χ0) is 9.80. The van der Waals surface area contributed by atoms with Crippen molar-refractivity contribution in [2.24, 2.45) is 0 Å². The van der Waals surface area contributed by atoms with Crippen molar-refractivity contribution in [1.29, 1.82) is 0 Å². The summed E-state index contributed by atoms with van der Waals surface area (Å²) < 4.78 is 0. The fraction of sp³-hybridized carbons (Fsp3) is 0. The Bertz CT molecular complexity index is 341. The van der Waals surface area contributed by atoms with Crippen molar-refractivity contribution in [2.75, 3.05) is 0 Å². The minimum atomic E-state index is -0.671. The number of rotatable bonds is 2. The third-order valence-corrected chi connectivity index (χ3v) is 3.78. The predicted molar refractivity (Wildman–Crippen MR) is 63.4 cm³/mol. The molecule has 0 N–H and O–H groups in total. The zero-order valence-corrected chi connectivity index (χ0v) is 8.69. The lowest BCUT2D eigenvalue weighted by Crippen LogP contribution is -2.08. The average molecular weight is 198 g/mol. The van der Waals surface area contributed by atoms with E-state index in [0.29, 0.717) is 0 Å². The van der Waals surface area contributed by atoms with Crippen molar-refractivity contribution in [1.82, 2.24) is 0 Å². The molecule has 0 spiro atoms. The van der Waals surface area contributed by atoms with Gasteiger partial charge in [-0.2, -0.15) is 0 Å². The van der Waals surface area contributed by atoms with Gasteiger partial charge in [0.05, 0.1) is 0 Å². The van der Waals surface area contributed by atoms with Crippen LogP contribution in [0.5, 0.6) is 0 Å². The van der Waals surface area contributed by atoms with E-state index in [1.54, 1.807) is 0 Å². The molecule has 2 aromatic rings. The molecular weight excluding hydrogens is 187 g/mol. The maximum absolute atomic E-state index is 6.18. The maximum Gasteiger partial charge on any atom is 0.00316 e. The van der Waals surface area contributed by atoms with Gasteiger partial charge in [0.2, 0.25) is 0 Å². The van der Waals surface area contributed by atoms with Crippen LogP contribution in [0, 0.1) is 6.66 Å². The fourth-order valence-corrected chi connectivity index (χ4v) is 2.61. The highest BCUT2D eigenvalue weighted by Gasteiger charge is 2.05. The van der Waals surface area contributed by atoms with Gasteiger partial charge in [-0.3, -0.25) is 0 Å². The summed E-state index contributed by atoms with van der Waals surface area (Å²) >= 11 is 0. The molecule has 0 aromatic heterocycles. The Morgan fingerprint density at radius 3 is 1.36 bits per heavy atom.